The first-order chi connectivity index (χ1) is 31.3. The lowest BCUT2D eigenvalue weighted by molar-refractivity contribution is -0.138. The van der Waals surface area contributed by atoms with E-state index < -0.39 is 35.8 Å². The molecule has 0 bridgehead atoms. The molecule has 10 N–H and O–H groups in total. The van der Waals surface area contributed by atoms with Gasteiger partial charge >= 0.3 is 29.8 Å². The van der Waals surface area contributed by atoms with E-state index in [1.165, 1.54) is 37.5 Å². The predicted octanol–water partition coefficient (Wildman–Crippen LogP) is 5.06. The third-order valence-electron chi connectivity index (χ3n) is 8.06. The van der Waals surface area contributed by atoms with E-state index in [9.17, 15) is 47.9 Å². The Balaban J connectivity index is -0.000000239. The van der Waals surface area contributed by atoms with Gasteiger partial charge in [0, 0.05) is 51.9 Å². The van der Waals surface area contributed by atoms with Crippen molar-refractivity contribution in [3.63, 3.8) is 0 Å². The second-order valence-corrected chi connectivity index (χ2v) is 13.9. The second-order valence-electron chi connectivity index (χ2n) is 13.9. The van der Waals surface area contributed by atoms with E-state index in [1.54, 1.807) is 0 Å². The Morgan fingerprint density at radius 2 is 0.470 bits per heavy atom. The zero-order valence-corrected chi connectivity index (χ0v) is 38.6. The van der Waals surface area contributed by atoms with Gasteiger partial charge in [-0.2, -0.15) is 0 Å². The van der Waals surface area contributed by atoms with Crippen molar-refractivity contribution in [2.24, 2.45) is 0 Å². The number of nitrogens with one attached hydrogen (secondary N) is 5. The molecule has 20 heteroatoms. The summed E-state index contributed by atoms with van der Waals surface area (Å²) in [6.07, 6.45) is 22.8. The molecule has 0 rings (SSSR count). The van der Waals surface area contributed by atoms with Gasteiger partial charge in [0.15, 0.2) is 0 Å². The van der Waals surface area contributed by atoms with Crippen molar-refractivity contribution in [3.8, 4) is 0 Å². The highest BCUT2D eigenvalue weighted by Gasteiger charge is 2.01. The van der Waals surface area contributed by atoms with E-state index in [2.05, 4.69) is 59.5 Å². The summed E-state index contributed by atoms with van der Waals surface area (Å²) < 4.78 is 0. The van der Waals surface area contributed by atoms with Gasteiger partial charge in [-0.1, -0.05) is 97.1 Å². The quantitative estimate of drug-likeness (QED) is 0.0290. The molecule has 0 aliphatic carbocycles. The number of hydrogen-bond donors (Lipinski definition) is 10. The number of carbonyl (C=O) groups excluding carboxylic acids is 5. The molecule has 0 saturated carbocycles. The Bertz CT molecular complexity index is 1450. The van der Waals surface area contributed by atoms with Crippen molar-refractivity contribution in [3.05, 3.63) is 63.3 Å². The maximum Gasteiger partial charge on any atom is 0.322 e. The molecular weight excluding hydrogens is 863 g/mol. The Morgan fingerprint density at radius 1 is 0.273 bits per heavy atom. The lowest BCUT2D eigenvalue weighted by Gasteiger charge is -2.03. The van der Waals surface area contributed by atoms with Crippen LogP contribution >= 0.6 is 0 Å². The molecule has 0 atom stereocenters. The van der Waals surface area contributed by atoms with E-state index in [4.69, 9.17) is 25.5 Å². The molecule has 0 aromatic heterocycles. The van der Waals surface area contributed by atoms with E-state index in [-0.39, 0.29) is 49.4 Å². The van der Waals surface area contributed by atoms with Gasteiger partial charge in [-0.15, -0.1) is 0 Å². The zero-order valence-electron chi connectivity index (χ0n) is 38.6. The smallest absolute Gasteiger partial charge is 0.322 e. The third-order valence-corrected chi connectivity index (χ3v) is 8.06. The summed E-state index contributed by atoms with van der Waals surface area (Å²) in [6.45, 7) is 18.4. The Kier molecular flexibility index (Phi) is 56.6. The molecule has 5 amide bonds. The van der Waals surface area contributed by atoms with Crippen LogP contribution in [0.2, 0.25) is 0 Å². The maximum absolute atomic E-state index is 10.8. The van der Waals surface area contributed by atoms with Gasteiger partial charge in [0.2, 0.25) is 29.5 Å². The molecule has 0 radical (unpaired) electrons. The van der Waals surface area contributed by atoms with E-state index in [1.807, 2.05) is 0 Å². The average molecular weight is 940 g/mol. The normalized spacial score (nSPS) is 9.27. The average Bonchev–Trinajstić information content (AvgIpc) is 3.28. The lowest BCUT2D eigenvalue weighted by Crippen LogP contribution is -2.27. The Morgan fingerprint density at radius 3 is 0.712 bits per heavy atom. The van der Waals surface area contributed by atoms with Crippen LogP contribution in [0.15, 0.2) is 63.3 Å². The standard InChI is InChI=1S/C14H25NO3.C11H19NO3.C9H15NO3.C7H11NO3.C5H7NO3/c1-2-13(16)15-12-10-8-6-4-3-5-7-9-11-14(17)18;1-2-10(13)12-9-7-5-3-4-6-8-11(14)15;1-2-8(11)10-7-5-3-4-6-9(12)13;1-2-6(9)8-5-3-4-7(10)11;1-2-4(7)6-3-5(8)9/h2H,1,3-12H2,(H,15,16)(H,17,18);2H,1,3-9H2,(H,12,13)(H,14,15);2H,1,3-7H2,(H,10,11)(H,12,13);2H,1,3-5H2,(H,8,9)(H,10,11);2H,1,3H2,(H,6,7)(H,8,9). The van der Waals surface area contributed by atoms with Crippen LogP contribution in [-0.4, -0.2) is 118 Å². The summed E-state index contributed by atoms with van der Waals surface area (Å²) in [6, 6.07) is 0. The fourth-order valence-electron chi connectivity index (χ4n) is 4.58. The molecule has 0 aliphatic heterocycles. The molecule has 0 spiro atoms. The minimum atomic E-state index is -1.06. The van der Waals surface area contributed by atoms with Crippen LogP contribution in [-0.2, 0) is 47.9 Å². The molecular formula is C46H77N5O15. The molecule has 0 fully saturated rings. The number of amides is 5. The van der Waals surface area contributed by atoms with Crippen molar-refractivity contribution >= 4 is 59.4 Å². The summed E-state index contributed by atoms with van der Waals surface area (Å²) in [5.41, 5.74) is 0. The minimum Gasteiger partial charge on any atom is -0.481 e. The second kappa shape index (κ2) is 54.5. The van der Waals surface area contributed by atoms with Crippen LogP contribution in [0, 0.1) is 0 Å². The van der Waals surface area contributed by atoms with Gasteiger partial charge in [-0.3, -0.25) is 47.9 Å². The van der Waals surface area contributed by atoms with Gasteiger partial charge in [0.1, 0.15) is 6.54 Å². The molecule has 0 aromatic carbocycles. The first kappa shape index (κ1) is 68.5. The maximum atomic E-state index is 10.8. The van der Waals surface area contributed by atoms with Gasteiger partial charge in [0.25, 0.3) is 0 Å². The van der Waals surface area contributed by atoms with Crippen LogP contribution in [0.25, 0.3) is 0 Å². The number of carbonyl (C=O) groups is 10. The number of aliphatic carboxylic acids is 5. The van der Waals surface area contributed by atoms with Crippen LogP contribution in [0.3, 0.4) is 0 Å². The fraction of sp³-hybridized carbons (Fsp3) is 0.565. The summed E-state index contributed by atoms with van der Waals surface area (Å²) in [5, 5.41) is 54.0. The van der Waals surface area contributed by atoms with E-state index in [0.717, 1.165) is 95.7 Å². The van der Waals surface area contributed by atoms with Crippen molar-refractivity contribution in [1.82, 2.24) is 26.6 Å². The van der Waals surface area contributed by atoms with Crippen LogP contribution in [0.5, 0.6) is 0 Å². The number of hydrogen-bond acceptors (Lipinski definition) is 10. The molecule has 376 valence electrons. The van der Waals surface area contributed by atoms with Gasteiger partial charge in [-0.05, 0) is 75.3 Å². The van der Waals surface area contributed by atoms with Crippen LogP contribution in [0.1, 0.15) is 135 Å². The largest absolute Gasteiger partial charge is 0.481 e. The summed E-state index contributed by atoms with van der Waals surface area (Å²) in [7, 11) is 0. The zero-order chi connectivity index (χ0) is 51.2. The topological polar surface area (TPSA) is 332 Å². The number of carboxylic acids is 5. The first-order valence-corrected chi connectivity index (χ1v) is 21.9. The summed E-state index contributed by atoms with van der Waals surface area (Å²) in [5.74, 6) is -5.27. The molecule has 0 unspecified atom stereocenters. The number of rotatable bonds is 36. The Labute approximate surface area is 389 Å². The lowest BCUT2D eigenvalue weighted by atomic mass is 10.1. The number of carboxylic acid groups (broad SMARTS) is 5. The van der Waals surface area contributed by atoms with Gasteiger partial charge in [-0.25, -0.2) is 0 Å². The van der Waals surface area contributed by atoms with Gasteiger partial charge in [0.05, 0.1) is 0 Å². The number of unbranched alkanes of at least 4 members (excludes halogenated alkanes) is 13. The first-order valence-electron chi connectivity index (χ1n) is 21.9. The molecule has 20 nitrogen and oxygen atoms in total. The predicted molar refractivity (Wildman–Crippen MR) is 251 cm³/mol. The highest BCUT2D eigenvalue weighted by Crippen LogP contribution is 2.09. The highest BCUT2D eigenvalue weighted by atomic mass is 16.4. The molecule has 0 aliphatic rings. The van der Waals surface area contributed by atoms with Crippen molar-refractivity contribution in [1.29, 1.82) is 0 Å². The molecule has 0 heterocycles. The SMILES string of the molecule is C=CC(=O)NCC(=O)O.C=CC(=O)NCCCC(=O)O.C=CC(=O)NCCCCCC(=O)O.C=CC(=O)NCCCCCCCC(=O)O.C=CC(=O)NCCCCCCCCCCC(=O)O. The monoisotopic (exact) mass is 940 g/mol. The van der Waals surface area contributed by atoms with Crippen molar-refractivity contribution in [2.75, 3.05) is 32.7 Å². The van der Waals surface area contributed by atoms with Crippen LogP contribution in [0.4, 0.5) is 0 Å². The molecule has 0 aromatic rings. The minimum absolute atomic E-state index is 0.0808. The van der Waals surface area contributed by atoms with Crippen molar-refractivity contribution in [2.45, 2.75) is 135 Å². The fourth-order valence-corrected chi connectivity index (χ4v) is 4.58. The molecule has 0 saturated heterocycles. The van der Waals surface area contributed by atoms with E-state index >= 15 is 0 Å². The van der Waals surface area contributed by atoms with E-state index in [0.29, 0.717) is 38.9 Å². The summed E-state index contributed by atoms with van der Waals surface area (Å²) >= 11 is 0. The third kappa shape index (κ3) is 74.8. The summed E-state index contributed by atoms with van der Waals surface area (Å²) in [4.78, 5) is 103. The highest BCUT2D eigenvalue weighted by molar-refractivity contribution is 5.89. The van der Waals surface area contributed by atoms with Gasteiger partial charge < -0.3 is 52.1 Å². The Hall–Kier alpha value is -6.60. The van der Waals surface area contributed by atoms with Crippen molar-refractivity contribution < 1.29 is 73.5 Å². The molecule has 66 heavy (non-hydrogen) atoms. The van der Waals surface area contributed by atoms with Crippen LogP contribution < -0.4 is 26.6 Å².